The van der Waals surface area contributed by atoms with Gasteiger partial charge in [0.05, 0.1) is 18.6 Å². The van der Waals surface area contributed by atoms with Crippen LogP contribution in [0.25, 0.3) is 5.57 Å². The van der Waals surface area contributed by atoms with Gasteiger partial charge in [0, 0.05) is 12.5 Å². The summed E-state index contributed by atoms with van der Waals surface area (Å²) in [6.45, 7) is 4.16. The highest BCUT2D eigenvalue weighted by Gasteiger charge is 2.36. The molecule has 1 aliphatic carbocycles. The van der Waals surface area contributed by atoms with E-state index < -0.39 is 5.97 Å². The van der Waals surface area contributed by atoms with Gasteiger partial charge in [-0.05, 0) is 28.3 Å². The summed E-state index contributed by atoms with van der Waals surface area (Å²) in [5.74, 6) is 0.381. The van der Waals surface area contributed by atoms with E-state index in [1.165, 1.54) is 13.2 Å². The molecule has 1 aliphatic heterocycles. The van der Waals surface area contributed by atoms with E-state index in [0.717, 1.165) is 22.3 Å². The molecule has 0 radical (unpaired) electrons. The van der Waals surface area contributed by atoms with Crippen molar-refractivity contribution in [3.05, 3.63) is 101 Å². The fourth-order valence-electron chi connectivity index (χ4n) is 3.45. The van der Waals surface area contributed by atoms with Gasteiger partial charge in [-0.3, -0.25) is 0 Å². The molecule has 1 N–H and O–H groups in total. The van der Waals surface area contributed by atoms with Gasteiger partial charge in [0.1, 0.15) is 11.5 Å². The molecule has 0 amide bonds. The maximum atomic E-state index is 12.5. The Morgan fingerprint density at radius 1 is 1.19 bits per heavy atom. The molecule has 1 heterocycles. The van der Waals surface area contributed by atoms with Gasteiger partial charge in [-0.2, -0.15) is 0 Å². The second-order valence-electron chi connectivity index (χ2n) is 6.35. The zero-order valence-corrected chi connectivity index (χ0v) is 14.4. The van der Waals surface area contributed by atoms with E-state index in [4.69, 9.17) is 9.47 Å². The van der Waals surface area contributed by atoms with E-state index in [9.17, 15) is 9.90 Å². The van der Waals surface area contributed by atoms with E-state index in [1.54, 1.807) is 0 Å². The first-order chi connectivity index (χ1) is 12.6. The first-order valence-corrected chi connectivity index (χ1v) is 8.37. The van der Waals surface area contributed by atoms with E-state index >= 15 is 0 Å². The molecule has 0 spiro atoms. The predicted molar refractivity (Wildman–Crippen MR) is 98.5 cm³/mol. The zero-order chi connectivity index (χ0) is 18.3. The Balaban J connectivity index is 1.74. The number of carbonyl (C=O) groups is 1. The minimum absolute atomic E-state index is 0.00377. The number of methoxy groups -OCH3 is 1. The first kappa shape index (κ1) is 16.2. The van der Waals surface area contributed by atoms with Gasteiger partial charge in [0.25, 0.3) is 0 Å². The zero-order valence-electron chi connectivity index (χ0n) is 14.4. The Labute approximate surface area is 151 Å². The fraction of sp³-hybridized carbons (Fsp3) is 0.136. The molecular weight excluding hydrogens is 328 g/mol. The van der Waals surface area contributed by atoms with Crippen molar-refractivity contribution in [3.63, 3.8) is 0 Å². The van der Waals surface area contributed by atoms with Crippen LogP contribution in [0.4, 0.5) is 0 Å². The van der Waals surface area contributed by atoms with Gasteiger partial charge in [-0.25, -0.2) is 4.79 Å². The Bertz CT molecular complexity index is 967. The first-order valence-electron chi connectivity index (χ1n) is 8.37. The lowest BCUT2D eigenvalue weighted by Crippen LogP contribution is -2.24. The van der Waals surface area contributed by atoms with Crippen LogP contribution >= 0.6 is 0 Å². The molecule has 0 bridgehead atoms. The monoisotopic (exact) mass is 346 g/mol. The third-order valence-corrected chi connectivity index (χ3v) is 4.87. The Kier molecular flexibility index (Phi) is 3.88. The molecule has 4 heteroatoms. The molecule has 130 valence electrons. The van der Waals surface area contributed by atoms with Gasteiger partial charge in [0.2, 0.25) is 0 Å². The fourth-order valence-corrected chi connectivity index (χ4v) is 3.45. The highest BCUT2D eigenvalue weighted by molar-refractivity contribution is 5.95. The van der Waals surface area contributed by atoms with Crippen LogP contribution in [0.5, 0.6) is 0 Å². The van der Waals surface area contributed by atoms with E-state index in [0.29, 0.717) is 23.5 Å². The maximum absolute atomic E-state index is 12.5. The van der Waals surface area contributed by atoms with Gasteiger partial charge in [-0.15, -0.1) is 0 Å². The number of allylic oxidation sites excluding steroid dienone is 3. The average molecular weight is 346 g/mol. The molecule has 0 saturated heterocycles. The van der Waals surface area contributed by atoms with Crippen molar-refractivity contribution >= 4 is 11.5 Å². The normalized spacial score (nSPS) is 18.4. The Hall–Kier alpha value is -3.27. The van der Waals surface area contributed by atoms with Crippen LogP contribution in [0.2, 0.25) is 0 Å². The van der Waals surface area contributed by atoms with E-state index in [-0.39, 0.29) is 11.7 Å². The summed E-state index contributed by atoms with van der Waals surface area (Å²) in [4.78, 5) is 12.5. The molecule has 2 aromatic rings. The number of aliphatic hydroxyl groups excluding tert-OH is 1. The van der Waals surface area contributed by atoms with Crippen molar-refractivity contribution in [2.24, 2.45) is 0 Å². The lowest BCUT2D eigenvalue weighted by atomic mass is 9.83. The van der Waals surface area contributed by atoms with Crippen molar-refractivity contribution in [1.29, 1.82) is 0 Å². The standard InChI is InChI=1S/C22H18O4/c1-13(14-6-4-3-5-7-14)15-8-9-16-17-11-21(25-2)19(23)12-20(17)26-22(24)18(16)10-15/h3-10,12,17,23H,1,11H2,2H3. The molecule has 0 aromatic heterocycles. The molecule has 26 heavy (non-hydrogen) atoms. The van der Waals surface area contributed by atoms with Crippen molar-refractivity contribution in [2.45, 2.75) is 12.3 Å². The summed E-state index contributed by atoms with van der Waals surface area (Å²) < 4.78 is 10.7. The van der Waals surface area contributed by atoms with Crippen molar-refractivity contribution in [1.82, 2.24) is 0 Å². The molecule has 1 unspecified atom stereocenters. The molecule has 2 aromatic carbocycles. The highest BCUT2D eigenvalue weighted by Crippen LogP contribution is 2.43. The van der Waals surface area contributed by atoms with Crippen LogP contribution in [0.3, 0.4) is 0 Å². The van der Waals surface area contributed by atoms with Crippen LogP contribution in [-0.2, 0) is 9.47 Å². The number of rotatable bonds is 3. The van der Waals surface area contributed by atoms with Gasteiger partial charge < -0.3 is 14.6 Å². The predicted octanol–water partition coefficient (Wildman–Crippen LogP) is 4.71. The summed E-state index contributed by atoms with van der Waals surface area (Å²) in [5, 5.41) is 9.96. The van der Waals surface area contributed by atoms with Crippen LogP contribution in [0.15, 0.2) is 78.5 Å². The van der Waals surface area contributed by atoms with Crippen molar-refractivity contribution in [3.8, 4) is 0 Å². The molecule has 0 fully saturated rings. The third kappa shape index (κ3) is 2.60. The minimum atomic E-state index is -0.418. The van der Waals surface area contributed by atoms with Crippen LogP contribution in [0, 0.1) is 0 Å². The number of hydrogen-bond donors (Lipinski definition) is 1. The van der Waals surface area contributed by atoms with Crippen LogP contribution in [-0.4, -0.2) is 18.2 Å². The van der Waals surface area contributed by atoms with E-state index in [2.05, 4.69) is 6.58 Å². The Morgan fingerprint density at radius 2 is 1.96 bits per heavy atom. The summed E-state index contributed by atoms with van der Waals surface area (Å²) in [7, 11) is 1.52. The molecular formula is C22H18O4. The maximum Gasteiger partial charge on any atom is 0.343 e. The number of benzene rings is 2. The summed E-state index contributed by atoms with van der Waals surface area (Å²) in [6, 6.07) is 15.6. The lowest BCUT2D eigenvalue weighted by molar-refractivity contribution is 0.0566. The second-order valence-corrected chi connectivity index (χ2v) is 6.35. The van der Waals surface area contributed by atoms with Crippen LogP contribution in [0.1, 0.15) is 39.4 Å². The summed E-state index contributed by atoms with van der Waals surface area (Å²) in [6.07, 6.45) is 1.91. The number of esters is 1. The Morgan fingerprint density at radius 3 is 2.69 bits per heavy atom. The number of carbonyl (C=O) groups excluding carboxylic acids is 1. The quantitative estimate of drug-likeness (QED) is 0.818. The topological polar surface area (TPSA) is 55.8 Å². The molecule has 4 rings (SSSR count). The minimum Gasteiger partial charge on any atom is -0.504 e. The van der Waals surface area contributed by atoms with Gasteiger partial charge in [-0.1, -0.05) is 49.0 Å². The van der Waals surface area contributed by atoms with Crippen LogP contribution < -0.4 is 0 Å². The van der Waals surface area contributed by atoms with E-state index in [1.807, 2.05) is 48.5 Å². The van der Waals surface area contributed by atoms with Crippen molar-refractivity contribution in [2.75, 3.05) is 7.11 Å². The molecule has 4 nitrogen and oxygen atoms in total. The van der Waals surface area contributed by atoms with Gasteiger partial charge >= 0.3 is 5.97 Å². The highest BCUT2D eigenvalue weighted by atomic mass is 16.5. The van der Waals surface area contributed by atoms with Gasteiger partial charge in [0.15, 0.2) is 5.76 Å². The van der Waals surface area contributed by atoms with Crippen molar-refractivity contribution < 1.29 is 19.4 Å². The second kappa shape index (κ2) is 6.23. The number of aliphatic hydroxyl groups is 1. The smallest absolute Gasteiger partial charge is 0.343 e. The molecule has 0 saturated carbocycles. The third-order valence-electron chi connectivity index (χ3n) is 4.87. The SMILES string of the molecule is C=C(c1ccccc1)c1ccc2c(c1)C(=O)OC1=CC(O)=C(OC)CC12. The summed E-state index contributed by atoms with van der Waals surface area (Å²) >= 11 is 0. The molecule has 2 aliphatic rings. The molecule has 1 atom stereocenters. The lowest BCUT2D eigenvalue weighted by Gasteiger charge is -2.30. The largest absolute Gasteiger partial charge is 0.504 e. The number of hydrogen-bond acceptors (Lipinski definition) is 4. The number of fused-ring (bicyclic) bond motifs is 3. The summed E-state index contributed by atoms with van der Waals surface area (Å²) in [5.41, 5.74) is 4.13. The number of ether oxygens (including phenoxy) is 2. The average Bonchev–Trinajstić information content (AvgIpc) is 2.67.